The van der Waals surface area contributed by atoms with Gasteiger partial charge in [0.1, 0.15) is 18.0 Å². The van der Waals surface area contributed by atoms with Crippen molar-refractivity contribution in [3.05, 3.63) is 29.3 Å². The Bertz CT molecular complexity index is 357. The number of aromatic hydroxyl groups is 1. The Morgan fingerprint density at radius 3 is 2.05 bits per heavy atom. The zero-order valence-electron chi connectivity index (χ0n) is 11.6. The second-order valence-electron chi connectivity index (χ2n) is 4.67. The summed E-state index contributed by atoms with van der Waals surface area (Å²) in [5.41, 5.74) is 2.10. The van der Waals surface area contributed by atoms with Crippen LogP contribution in [0.25, 0.3) is 0 Å². The molecule has 0 radical (unpaired) electrons. The van der Waals surface area contributed by atoms with Crippen molar-refractivity contribution in [1.29, 1.82) is 0 Å². The summed E-state index contributed by atoms with van der Waals surface area (Å²) in [4.78, 5) is 0. The molecule has 5 heteroatoms. The van der Waals surface area contributed by atoms with E-state index in [9.17, 15) is 0 Å². The van der Waals surface area contributed by atoms with Crippen LogP contribution in [0.15, 0.2) is 18.2 Å². The molecule has 0 spiro atoms. The van der Waals surface area contributed by atoms with Crippen molar-refractivity contribution in [2.24, 2.45) is 0 Å². The zero-order chi connectivity index (χ0) is 13.0. The van der Waals surface area contributed by atoms with Crippen LogP contribution in [0.3, 0.4) is 0 Å². The van der Waals surface area contributed by atoms with Gasteiger partial charge in [0.25, 0.3) is 0 Å². The molecular weight excluding hydrogens is 246 g/mol. The zero-order valence-corrected chi connectivity index (χ0v) is 11.6. The second kappa shape index (κ2) is 7.45. The molecule has 0 aromatic heterocycles. The number of benzene rings is 1. The third-order valence-electron chi connectivity index (χ3n) is 2.99. The van der Waals surface area contributed by atoms with Crippen LogP contribution in [-0.4, -0.2) is 43.7 Å². The predicted octanol–water partition coefficient (Wildman–Crippen LogP) is 1.97. The fourth-order valence-corrected chi connectivity index (χ4v) is 1.40. The molecule has 2 fully saturated rings. The van der Waals surface area contributed by atoms with Crippen molar-refractivity contribution >= 4 is 0 Å². The Kier molecular flexibility index (Phi) is 6.24. The molecule has 1 aromatic carbocycles. The van der Waals surface area contributed by atoms with Crippen LogP contribution in [0.5, 0.6) is 5.75 Å². The standard InChI is InChI=1S/C8H10O.C6H10O3.H3N/c1-6-4-3-5-8(9)7(6)2;1(5-3-8-5)7-2-6-4-9-6;/h3-5,9H,1-2H3;5-6H,1-4H2;1H3. The summed E-state index contributed by atoms with van der Waals surface area (Å²) in [7, 11) is 0. The summed E-state index contributed by atoms with van der Waals surface area (Å²) in [6, 6.07) is 5.52. The highest BCUT2D eigenvalue weighted by atomic mass is 16.6. The van der Waals surface area contributed by atoms with Gasteiger partial charge >= 0.3 is 0 Å². The molecule has 5 nitrogen and oxygen atoms in total. The molecule has 1 aromatic rings. The Morgan fingerprint density at radius 1 is 1.16 bits per heavy atom. The summed E-state index contributed by atoms with van der Waals surface area (Å²) in [6.45, 7) is 7.15. The van der Waals surface area contributed by atoms with Gasteiger partial charge < -0.3 is 25.5 Å². The van der Waals surface area contributed by atoms with E-state index in [0.29, 0.717) is 18.0 Å². The number of hydrogen-bond donors (Lipinski definition) is 2. The molecule has 0 aliphatic carbocycles. The number of phenols is 1. The van der Waals surface area contributed by atoms with Crippen molar-refractivity contribution < 1.29 is 19.3 Å². The van der Waals surface area contributed by atoms with E-state index in [1.54, 1.807) is 6.07 Å². The van der Waals surface area contributed by atoms with Gasteiger partial charge in [-0.3, -0.25) is 0 Å². The Morgan fingerprint density at radius 2 is 1.68 bits per heavy atom. The molecule has 2 aliphatic rings. The minimum absolute atomic E-state index is 0. The van der Waals surface area contributed by atoms with Gasteiger partial charge in [-0.25, -0.2) is 0 Å². The Hall–Kier alpha value is -1.14. The highest BCUT2D eigenvalue weighted by molar-refractivity contribution is 5.36. The maximum absolute atomic E-state index is 9.10. The molecule has 2 heterocycles. The maximum Gasteiger partial charge on any atom is 0.118 e. The second-order valence-corrected chi connectivity index (χ2v) is 4.67. The van der Waals surface area contributed by atoms with Gasteiger partial charge in [0, 0.05) is 0 Å². The highest BCUT2D eigenvalue weighted by Crippen LogP contribution is 2.17. The minimum atomic E-state index is 0. The largest absolute Gasteiger partial charge is 0.508 e. The summed E-state index contributed by atoms with van der Waals surface area (Å²) >= 11 is 0. The van der Waals surface area contributed by atoms with Gasteiger partial charge in [-0.2, -0.15) is 0 Å². The lowest BCUT2D eigenvalue weighted by atomic mass is 10.1. The molecular formula is C14H23NO4. The highest BCUT2D eigenvalue weighted by Gasteiger charge is 2.26. The van der Waals surface area contributed by atoms with E-state index >= 15 is 0 Å². The molecule has 2 saturated heterocycles. The summed E-state index contributed by atoms with van der Waals surface area (Å²) in [6.07, 6.45) is 0.785. The van der Waals surface area contributed by atoms with Crippen LogP contribution in [-0.2, 0) is 14.2 Å². The number of hydrogen-bond acceptors (Lipinski definition) is 5. The fourth-order valence-electron chi connectivity index (χ4n) is 1.40. The molecule has 108 valence electrons. The normalized spacial score (nSPS) is 22.8. The van der Waals surface area contributed by atoms with E-state index in [-0.39, 0.29) is 6.15 Å². The number of aryl methyl sites for hydroxylation is 1. The molecule has 3 rings (SSSR count). The number of phenolic OH excluding ortho intramolecular Hbond substituents is 1. The van der Waals surface area contributed by atoms with Crippen molar-refractivity contribution in [3.8, 4) is 5.75 Å². The van der Waals surface area contributed by atoms with Gasteiger partial charge in [0.15, 0.2) is 0 Å². The summed E-state index contributed by atoms with van der Waals surface area (Å²) in [5, 5.41) is 9.10. The SMILES string of the molecule is C(OCC1CO1)C1CO1.Cc1cccc(O)c1C.N. The van der Waals surface area contributed by atoms with Gasteiger partial charge in [0.05, 0.1) is 26.4 Å². The lowest BCUT2D eigenvalue weighted by Crippen LogP contribution is -2.06. The molecule has 4 N–H and O–H groups in total. The van der Waals surface area contributed by atoms with E-state index in [2.05, 4.69) is 0 Å². The summed E-state index contributed by atoms with van der Waals surface area (Å²) in [5.74, 6) is 0.384. The monoisotopic (exact) mass is 269 g/mol. The minimum Gasteiger partial charge on any atom is -0.508 e. The van der Waals surface area contributed by atoms with Gasteiger partial charge in [-0.1, -0.05) is 12.1 Å². The number of epoxide rings is 2. The first-order valence-corrected chi connectivity index (χ1v) is 6.23. The Balaban J connectivity index is 0.000000180. The van der Waals surface area contributed by atoms with E-state index < -0.39 is 0 Å². The molecule has 0 bridgehead atoms. The smallest absolute Gasteiger partial charge is 0.118 e. The van der Waals surface area contributed by atoms with Crippen LogP contribution in [0.2, 0.25) is 0 Å². The third kappa shape index (κ3) is 6.02. The van der Waals surface area contributed by atoms with E-state index in [0.717, 1.165) is 37.6 Å². The lowest BCUT2D eigenvalue weighted by molar-refractivity contribution is 0.102. The third-order valence-corrected chi connectivity index (χ3v) is 2.99. The van der Waals surface area contributed by atoms with Crippen LogP contribution < -0.4 is 6.15 Å². The van der Waals surface area contributed by atoms with Gasteiger partial charge in [-0.15, -0.1) is 0 Å². The first kappa shape index (κ1) is 15.9. The average Bonchev–Trinajstić information content (AvgIpc) is 3.20. The first-order chi connectivity index (χ1) is 8.66. The molecule has 19 heavy (non-hydrogen) atoms. The summed E-state index contributed by atoms with van der Waals surface area (Å²) < 4.78 is 15.1. The molecule has 0 amide bonds. The molecule has 2 atom stereocenters. The molecule has 2 aliphatic heterocycles. The molecule has 2 unspecified atom stereocenters. The van der Waals surface area contributed by atoms with E-state index in [1.165, 1.54) is 0 Å². The van der Waals surface area contributed by atoms with Gasteiger partial charge in [0.2, 0.25) is 0 Å². The van der Waals surface area contributed by atoms with E-state index in [1.807, 2.05) is 26.0 Å². The van der Waals surface area contributed by atoms with Crippen LogP contribution in [0, 0.1) is 13.8 Å². The van der Waals surface area contributed by atoms with Crippen LogP contribution in [0.1, 0.15) is 11.1 Å². The average molecular weight is 269 g/mol. The lowest BCUT2D eigenvalue weighted by Gasteiger charge is -1.99. The Labute approximate surface area is 114 Å². The van der Waals surface area contributed by atoms with Crippen molar-refractivity contribution in [2.75, 3.05) is 26.4 Å². The van der Waals surface area contributed by atoms with Crippen molar-refractivity contribution in [1.82, 2.24) is 6.15 Å². The first-order valence-electron chi connectivity index (χ1n) is 6.23. The van der Waals surface area contributed by atoms with Crippen LogP contribution >= 0.6 is 0 Å². The topological polar surface area (TPSA) is 89.5 Å². The fraction of sp³-hybridized carbons (Fsp3) is 0.571. The van der Waals surface area contributed by atoms with Gasteiger partial charge in [-0.05, 0) is 31.0 Å². The quantitative estimate of drug-likeness (QED) is 0.816. The van der Waals surface area contributed by atoms with Crippen molar-refractivity contribution in [2.45, 2.75) is 26.1 Å². The molecule has 0 saturated carbocycles. The van der Waals surface area contributed by atoms with Crippen molar-refractivity contribution in [3.63, 3.8) is 0 Å². The van der Waals surface area contributed by atoms with E-state index in [4.69, 9.17) is 19.3 Å². The van der Waals surface area contributed by atoms with Crippen LogP contribution in [0.4, 0.5) is 0 Å². The number of rotatable bonds is 4. The maximum atomic E-state index is 9.10. The predicted molar refractivity (Wildman–Crippen MR) is 72.9 cm³/mol. The number of ether oxygens (including phenoxy) is 3.